The predicted octanol–water partition coefficient (Wildman–Crippen LogP) is 1.57. The van der Waals surface area contributed by atoms with Crippen LogP contribution in [-0.4, -0.2) is 47.7 Å². The summed E-state index contributed by atoms with van der Waals surface area (Å²) in [6.07, 6.45) is 5.20. The van der Waals surface area contributed by atoms with E-state index in [9.17, 15) is 9.59 Å². The van der Waals surface area contributed by atoms with Crippen LogP contribution in [-0.2, 0) is 16.0 Å². The Bertz CT molecular complexity index is 608. The van der Waals surface area contributed by atoms with Crippen molar-refractivity contribution >= 4 is 18.0 Å². The number of carbonyl (C=O) groups is 2. The molecule has 0 bridgehead atoms. The highest BCUT2D eigenvalue weighted by molar-refractivity contribution is 5.95. The average Bonchev–Trinajstić information content (AvgIpc) is 2.53. The highest BCUT2D eigenvalue weighted by atomic mass is 16.5. The van der Waals surface area contributed by atoms with Crippen molar-refractivity contribution in [3.05, 3.63) is 41.0 Å². The molecule has 0 radical (unpaired) electrons. The first-order valence-electron chi connectivity index (χ1n) is 7.08. The third kappa shape index (κ3) is 2.83. The van der Waals surface area contributed by atoms with Crippen molar-refractivity contribution in [2.45, 2.75) is 18.9 Å². The van der Waals surface area contributed by atoms with Gasteiger partial charge in [-0.1, -0.05) is 18.2 Å². The van der Waals surface area contributed by atoms with Crippen molar-refractivity contribution in [3.8, 4) is 0 Å². The molecule has 21 heavy (non-hydrogen) atoms. The monoisotopic (exact) mass is 287 g/mol. The molecule has 0 saturated carbocycles. The van der Waals surface area contributed by atoms with Crippen molar-refractivity contribution in [2.75, 3.05) is 19.7 Å². The van der Waals surface area contributed by atoms with Gasteiger partial charge in [0.05, 0.1) is 13.2 Å². The lowest BCUT2D eigenvalue weighted by Gasteiger charge is -2.31. The fraction of sp³-hybridized carbons (Fsp3) is 0.375. The fourth-order valence-electron chi connectivity index (χ4n) is 2.73. The van der Waals surface area contributed by atoms with E-state index in [2.05, 4.69) is 12.2 Å². The lowest BCUT2D eigenvalue weighted by Crippen LogP contribution is -2.48. The number of aliphatic carboxylic acids is 1. The van der Waals surface area contributed by atoms with Gasteiger partial charge in [0.15, 0.2) is 6.10 Å². The summed E-state index contributed by atoms with van der Waals surface area (Å²) in [5.41, 5.74) is 2.95. The Balaban J connectivity index is 1.78. The lowest BCUT2D eigenvalue weighted by molar-refractivity contribution is -0.154. The summed E-state index contributed by atoms with van der Waals surface area (Å²) >= 11 is 0. The van der Waals surface area contributed by atoms with Gasteiger partial charge in [0, 0.05) is 12.1 Å². The Morgan fingerprint density at radius 3 is 3.00 bits per heavy atom. The Kier molecular flexibility index (Phi) is 3.75. The van der Waals surface area contributed by atoms with Crippen LogP contribution in [0.5, 0.6) is 0 Å². The molecule has 5 heteroatoms. The molecular formula is C16H17NO4. The number of hydrogen-bond acceptors (Lipinski definition) is 3. The first kappa shape index (κ1) is 13.8. The van der Waals surface area contributed by atoms with Gasteiger partial charge in [-0.25, -0.2) is 4.79 Å². The molecular weight excluding hydrogens is 270 g/mol. The second kappa shape index (κ2) is 5.69. The van der Waals surface area contributed by atoms with Gasteiger partial charge in [-0.05, 0) is 36.1 Å². The molecule has 0 spiro atoms. The number of ether oxygens (including phenoxy) is 1. The molecule has 1 atom stereocenters. The van der Waals surface area contributed by atoms with Crippen LogP contribution in [0.15, 0.2) is 24.3 Å². The van der Waals surface area contributed by atoms with Gasteiger partial charge in [-0.3, -0.25) is 4.79 Å². The fourth-order valence-corrected chi connectivity index (χ4v) is 2.73. The molecule has 1 unspecified atom stereocenters. The molecule has 1 aliphatic carbocycles. The Labute approximate surface area is 122 Å². The zero-order chi connectivity index (χ0) is 14.8. The van der Waals surface area contributed by atoms with Crippen LogP contribution in [0.25, 0.3) is 6.08 Å². The van der Waals surface area contributed by atoms with Gasteiger partial charge in [-0.2, -0.15) is 0 Å². The summed E-state index contributed by atoms with van der Waals surface area (Å²) in [7, 11) is 0. The SMILES string of the molecule is O=C(O)C1CN(C(=O)c2ccc3c(c2)CCC=C3)CCO1. The zero-order valence-corrected chi connectivity index (χ0v) is 11.6. The van der Waals surface area contributed by atoms with Crippen LogP contribution >= 0.6 is 0 Å². The van der Waals surface area contributed by atoms with Crippen LogP contribution in [0.1, 0.15) is 27.9 Å². The molecule has 2 aliphatic rings. The van der Waals surface area contributed by atoms with Crippen molar-refractivity contribution in [2.24, 2.45) is 0 Å². The largest absolute Gasteiger partial charge is 0.479 e. The van der Waals surface area contributed by atoms with Crippen molar-refractivity contribution in [1.82, 2.24) is 4.90 Å². The molecule has 1 amide bonds. The molecule has 1 heterocycles. The Morgan fingerprint density at radius 1 is 1.33 bits per heavy atom. The van der Waals surface area contributed by atoms with E-state index in [1.807, 2.05) is 18.2 Å². The molecule has 3 rings (SSSR count). The standard InChI is InChI=1S/C16H17NO4/c18-15(17-7-8-21-14(10-17)16(19)20)13-6-5-11-3-1-2-4-12(11)9-13/h1,3,5-6,9,14H,2,4,7-8,10H2,(H,19,20). The Hall–Kier alpha value is -2.14. The number of allylic oxidation sites excluding steroid dienone is 1. The number of rotatable bonds is 2. The van der Waals surface area contributed by atoms with E-state index in [0.29, 0.717) is 12.1 Å². The summed E-state index contributed by atoms with van der Waals surface area (Å²) in [4.78, 5) is 25.1. The van der Waals surface area contributed by atoms with Gasteiger partial charge in [0.1, 0.15) is 0 Å². The molecule has 1 aliphatic heterocycles. The molecule has 110 valence electrons. The molecule has 1 N–H and O–H groups in total. The van der Waals surface area contributed by atoms with E-state index in [-0.39, 0.29) is 19.1 Å². The van der Waals surface area contributed by atoms with E-state index >= 15 is 0 Å². The maximum absolute atomic E-state index is 12.5. The number of fused-ring (bicyclic) bond motifs is 1. The lowest BCUT2D eigenvalue weighted by atomic mass is 9.95. The zero-order valence-electron chi connectivity index (χ0n) is 11.6. The third-order valence-corrected chi connectivity index (χ3v) is 3.90. The number of carbonyl (C=O) groups excluding carboxylic acids is 1. The quantitative estimate of drug-likeness (QED) is 0.896. The van der Waals surface area contributed by atoms with Gasteiger partial charge < -0.3 is 14.7 Å². The number of benzene rings is 1. The maximum atomic E-state index is 12.5. The minimum absolute atomic E-state index is 0.102. The second-order valence-electron chi connectivity index (χ2n) is 5.30. The number of hydrogen-bond donors (Lipinski definition) is 1. The molecule has 1 fully saturated rings. The van der Waals surface area contributed by atoms with Crippen molar-refractivity contribution < 1.29 is 19.4 Å². The number of carboxylic acids is 1. The predicted molar refractivity (Wildman–Crippen MR) is 77.1 cm³/mol. The summed E-state index contributed by atoms with van der Waals surface area (Å²) in [6, 6.07) is 5.68. The molecule has 1 aromatic carbocycles. The van der Waals surface area contributed by atoms with Crippen LogP contribution in [0.3, 0.4) is 0 Å². The molecule has 1 saturated heterocycles. The number of nitrogens with zero attached hydrogens (tertiary/aromatic N) is 1. The summed E-state index contributed by atoms with van der Waals surface area (Å²) in [6.45, 7) is 0.793. The highest BCUT2D eigenvalue weighted by Gasteiger charge is 2.29. The Morgan fingerprint density at radius 2 is 2.19 bits per heavy atom. The van der Waals surface area contributed by atoms with Crippen molar-refractivity contribution in [1.29, 1.82) is 0 Å². The van der Waals surface area contributed by atoms with Gasteiger partial charge >= 0.3 is 5.97 Å². The number of amides is 1. The van der Waals surface area contributed by atoms with Crippen LogP contribution in [0.2, 0.25) is 0 Å². The topological polar surface area (TPSA) is 66.8 Å². The highest BCUT2D eigenvalue weighted by Crippen LogP contribution is 2.21. The normalized spacial score (nSPS) is 21.0. The van der Waals surface area contributed by atoms with E-state index in [4.69, 9.17) is 9.84 Å². The second-order valence-corrected chi connectivity index (χ2v) is 5.30. The average molecular weight is 287 g/mol. The number of aryl methyl sites for hydroxylation is 1. The molecule has 5 nitrogen and oxygen atoms in total. The van der Waals surface area contributed by atoms with Crippen LogP contribution < -0.4 is 0 Å². The van der Waals surface area contributed by atoms with Gasteiger partial charge in [0.25, 0.3) is 5.91 Å². The molecule has 1 aromatic rings. The first-order valence-corrected chi connectivity index (χ1v) is 7.08. The third-order valence-electron chi connectivity index (χ3n) is 3.90. The molecule has 0 aromatic heterocycles. The summed E-state index contributed by atoms with van der Waals surface area (Å²) in [5, 5.41) is 9.00. The van der Waals surface area contributed by atoms with Crippen LogP contribution in [0, 0.1) is 0 Å². The van der Waals surface area contributed by atoms with Crippen LogP contribution in [0.4, 0.5) is 0 Å². The summed E-state index contributed by atoms with van der Waals surface area (Å²) < 4.78 is 5.14. The van der Waals surface area contributed by atoms with E-state index in [0.717, 1.165) is 18.4 Å². The van der Waals surface area contributed by atoms with Gasteiger partial charge in [-0.15, -0.1) is 0 Å². The van der Waals surface area contributed by atoms with E-state index in [1.54, 1.807) is 4.90 Å². The summed E-state index contributed by atoms with van der Waals surface area (Å²) in [5.74, 6) is -1.15. The van der Waals surface area contributed by atoms with E-state index in [1.165, 1.54) is 5.56 Å². The smallest absolute Gasteiger partial charge is 0.334 e. The van der Waals surface area contributed by atoms with E-state index < -0.39 is 12.1 Å². The number of carboxylic acid groups (broad SMARTS) is 1. The maximum Gasteiger partial charge on any atom is 0.334 e. The minimum Gasteiger partial charge on any atom is -0.479 e. The number of morpholine rings is 1. The van der Waals surface area contributed by atoms with Crippen molar-refractivity contribution in [3.63, 3.8) is 0 Å². The minimum atomic E-state index is -1.02. The van der Waals surface area contributed by atoms with Gasteiger partial charge in [0.2, 0.25) is 0 Å². The first-order chi connectivity index (χ1) is 10.1.